The second-order valence-corrected chi connectivity index (χ2v) is 6.03. The highest BCUT2D eigenvalue weighted by Gasteiger charge is 2.21. The highest BCUT2D eigenvalue weighted by atomic mass is 16.6. The molecule has 0 saturated carbocycles. The third kappa shape index (κ3) is 4.73. The van der Waals surface area contributed by atoms with Crippen molar-refractivity contribution < 1.29 is 14.3 Å². The van der Waals surface area contributed by atoms with E-state index in [4.69, 9.17) is 4.74 Å². The van der Waals surface area contributed by atoms with Gasteiger partial charge in [0.25, 0.3) is 0 Å². The molecule has 3 amide bonds. The fraction of sp³-hybridized carbons (Fsp3) is 0.263. The molecule has 3 rings (SSSR count). The van der Waals surface area contributed by atoms with E-state index >= 15 is 0 Å². The van der Waals surface area contributed by atoms with Gasteiger partial charge in [-0.1, -0.05) is 42.0 Å². The number of benzene rings is 2. The Morgan fingerprint density at radius 3 is 2.40 bits per heavy atom. The summed E-state index contributed by atoms with van der Waals surface area (Å²) in [7, 11) is 0. The molecule has 0 aromatic heterocycles. The van der Waals surface area contributed by atoms with E-state index in [0.29, 0.717) is 31.9 Å². The Morgan fingerprint density at radius 1 is 1.08 bits per heavy atom. The number of anilines is 1. The SMILES string of the molecule is Cc1ccc(CNC(=O)Nc2ccc(CN3CCOC3=O)cc2)cc1. The molecule has 0 spiro atoms. The van der Waals surface area contributed by atoms with Crippen LogP contribution in [0.3, 0.4) is 0 Å². The molecule has 1 heterocycles. The van der Waals surface area contributed by atoms with Crippen LogP contribution < -0.4 is 10.6 Å². The molecule has 1 aliphatic rings. The summed E-state index contributed by atoms with van der Waals surface area (Å²) in [4.78, 5) is 25.1. The average molecular weight is 339 g/mol. The number of carbonyl (C=O) groups is 2. The first-order valence-corrected chi connectivity index (χ1v) is 8.21. The van der Waals surface area contributed by atoms with E-state index in [1.165, 1.54) is 5.56 Å². The molecule has 6 heteroatoms. The van der Waals surface area contributed by atoms with E-state index < -0.39 is 0 Å². The molecular weight excluding hydrogens is 318 g/mol. The molecule has 1 saturated heterocycles. The zero-order chi connectivity index (χ0) is 17.6. The van der Waals surface area contributed by atoms with Crippen molar-refractivity contribution in [2.45, 2.75) is 20.0 Å². The van der Waals surface area contributed by atoms with E-state index in [-0.39, 0.29) is 12.1 Å². The molecule has 0 aliphatic carbocycles. The summed E-state index contributed by atoms with van der Waals surface area (Å²) >= 11 is 0. The predicted molar refractivity (Wildman–Crippen MR) is 95.2 cm³/mol. The normalized spacial score (nSPS) is 13.5. The van der Waals surface area contributed by atoms with Crippen molar-refractivity contribution in [3.8, 4) is 0 Å². The summed E-state index contributed by atoms with van der Waals surface area (Å²) in [5.41, 5.74) is 3.93. The lowest BCUT2D eigenvalue weighted by Gasteiger charge is -2.13. The van der Waals surface area contributed by atoms with Crippen LogP contribution in [0.15, 0.2) is 48.5 Å². The Balaban J connectivity index is 1.48. The van der Waals surface area contributed by atoms with Crippen molar-refractivity contribution in [2.24, 2.45) is 0 Å². The van der Waals surface area contributed by atoms with Gasteiger partial charge in [-0.25, -0.2) is 9.59 Å². The highest BCUT2D eigenvalue weighted by molar-refractivity contribution is 5.89. The van der Waals surface area contributed by atoms with Crippen LogP contribution in [0.4, 0.5) is 15.3 Å². The number of nitrogens with zero attached hydrogens (tertiary/aromatic N) is 1. The molecular formula is C19H21N3O3. The van der Waals surface area contributed by atoms with E-state index in [0.717, 1.165) is 11.1 Å². The van der Waals surface area contributed by atoms with Crippen LogP contribution in [0.25, 0.3) is 0 Å². The van der Waals surface area contributed by atoms with Gasteiger partial charge in [-0.05, 0) is 30.2 Å². The summed E-state index contributed by atoms with van der Waals surface area (Å²) in [6.45, 7) is 4.07. The van der Waals surface area contributed by atoms with E-state index in [1.807, 2.05) is 55.5 Å². The topological polar surface area (TPSA) is 70.7 Å². The number of rotatable bonds is 5. The predicted octanol–water partition coefficient (Wildman–Crippen LogP) is 3.27. The second-order valence-electron chi connectivity index (χ2n) is 6.03. The summed E-state index contributed by atoms with van der Waals surface area (Å²) in [6, 6.07) is 15.2. The van der Waals surface area contributed by atoms with Crippen LogP contribution >= 0.6 is 0 Å². The first-order chi connectivity index (χ1) is 12.1. The van der Waals surface area contributed by atoms with Gasteiger partial charge in [-0.2, -0.15) is 0 Å². The molecule has 0 unspecified atom stereocenters. The zero-order valence-corrected chi connectivity index (χ0v) is 14.1. The van der Waals surface area contributed by atoms with Gasteiger partial charge in [0.1, 0.15) is 6.61 Å². The molecule has 2 aromatic rings. The number of carbonyl (C=O) groups excluding carboxylic acids is 2. The van der Waals surface area contributed by atoms with Gasteiger partial charge in [0.05, 0.1) is 6.54 Å². The Labute approximate surface area is 146 Å². The molecule has 0 atom stereocenters. The number of cyclic esters (lactones) is 1. The van der Waals surface area contributed by atoms with Crippen molar-refractivity contribution in [2.75, 3.05) is 18.5 Å². The molecule has 1 fully saturated rings. The molecule has 1 aliphatic heterocycles. The molecule has 6 nitrogen and oxygen atoms in total. The minimum atomic E-state index is -0.280. The van der Waals surface area contributed by atoms with Gasteiger partial charge in [-0.15, -0.1) is 0 Å². The number of ether oxygens (including phenoxy) is 1. The Hall–Kier alpha value is -3.02. The molecule has 2 N–H and O–H groups in total. The first-order valence-electron chi connectivity index (χ1n) is 8.21. The molecule has 25 heavy (non-hydrogen) atoms. The third-order valence-electron chi connectivity index (χ3n) is 4.00. The summed E-state index contributed by atoms with van der Waals surface area (Å²) < 4.78 is 4.91. The number of urea groups is 1. The summed E-state index contributed by atoms with van der Waals surface area (Å²) in [5, 5.41) is 5.62. The highest BCUT2D eigenvalue weighted by Crippen LogP contribution is 2.14. The largest absolute Gasteiger partial charge is 0.448 e. The smallest absolute Gasteiger partial charge is 0.410 e. The monoisotopic (exact) mass is 339 g/mol. The van der Waals surface area contributed by atoms with Crippen molar-refractivity contribution in [3.05, 3.63) is 65.2 Å². The third-order valence-corrected chi connectivity index (χ3v) is 4.00. The number of hydrogen-bond donors (Lipinski definition) is 2. The van der Waals surface area contributed by atoms with Crippen LogP contribution in [0.1, 0.15) is 16.7 Å². The minimum Gasteiger partial charge on any atom is -0.448 e. The molecule has 0 bridgehead atoms. The minimum absolute atomic E-state index is 0.253. The second kappa shape index (κ2) is 7.70. The van der Waals surface area contributed by atoms with Gasteiger partial charge in [-0.3, -0.25) is 0 Å². The van der Waals surface area contributed by atoms with Crippen LogP contribution in [0.5, 0.6) is 0 Å². The van der Waals surface area contributed by atoms with E-state index in [2.05, 4.69) is 10.6 Å². The maximum atomic E-state index is 12.0. The standard InChI is InChI=1S/C19H21N3O3/c1-14-2-4-15(5-3-14)12-20-18(23)21-17-8-6-16(7-9-17)13-22-10-11-25-19(22)24/h2-9H,10-13H2,1H3,(H2,20,21,23). The fourth-order valence-electron chi connectivity index (χ4n) is 2.55. The lowest BCUT2D eigenvalue weighted by molar-refractivity contribution is 0.157. The van der Waals surface area contributed by atoms with Crippen LogP contribution in [-0.4, -0.2) is 30.2 Å². The number of aryl methyl sites for hydroxylation is 1. The number of hydrogen-bond acceptors (Lipinski definition) is 3. The lowest BCUT2D eigenvalue weighted by Crippen LogP contribution is -2.28. The van der Waals surface area contributed by atoms with Gasteiger partial charge in [0.15, 0.2) is 0 Å². The first kappa shape index (κ1) is 16.8. The van der Waals surface area contributed by atoms with Gasteiger partial charge >= 0.3 is 12.1 Å². The van der Waals surface area contributed by atoms with Gasteiger partial charge in [0, 0.05) is 18.8 Å². The number of amides is 3. The van der Waals surface area contributed by atoms with Crippen molar-refractivity contribution in [3.63, 3.8) is 0 Å². The maximum absolute atomic E-state index is 12.0. The lowest BCUT2D eigenvalue weighted by atomic mass is 10.1. The van der Waals surface area contributed by atoms with Crippen LogP contribution in [0, 0.1) is 6.92 Å². The molecule has 0 radical (unpaired) electrons. The maximum Gasteiger partial charge on any atom is 0.410 e. The fourth-order valence-corrected chi connectivity index (χ4v) is 2.55. The van der Waals surface area contributed by atoms with Crippen LogP contribution in [-0.2, 0) is 17.8 Å². The van der Waals surface area contributed by atoms with Crippen molar-refractivity contribution >= 4 is 17.8 Å². The quantitative estimate of drug-likeness (QED) is 0.878. The average Bonchev–Trinajstić information content (AvgIpc) is 3.01. The number of nitrogens with one attached hydrogen (secondary N) is 2. The zero-order valence-electron chi connectivity index (χ0n) is 14.1. The van der Waals surface area contributed by atoms with Crippen molar-refractivity contribution in [1.29, 1.82) is 0 Å². The Morgan fingerprint density at radius 2 is 1.76 bits per heavy atom. The van der Waals surface area contributed by atoms with Gasteiger partial charge in [0.2, 0.25) is 0 Å². The summed E-state index contributed by atoms with van der Waals surface area (Å²) in [6.07, 6.45) is -0.280. The summed E-state index contributed by atoms with van der Waals surface area (Å²) in [5.74, 6) is 0. The van der Waals surface area contributed by atoms with Crippen molar-refractivity contribution in [1.82, 2.24) is 10.2 Å². The van der Waals surface area contributed by atoms with E-state index in [9.17, 15) is 9.59 Å². The van der Waals surface area contributed by atoms with E-state index in [1.54, 1.807) is 4.90 Å². The van der Waals surface area contributed by atoms with Gasteiger partial charge < -0.3 is 20.3 Å². The van der Waals surface area contributed by atoms with Crippen LogP contribution in [0.2, 0.25) is 0 Å². The molecule has 2 aromatic carbocycles. The Kier molecular flexibility index (Phi) is 5.18. The molecule has 130 valence electrons. The Bertz CT molecular complexity index is 742.